The molecule has 0 spiro atoms. The molecular formula is C33H48O5S3. The molecule has 0 aromatic heterocycles. The number of hydrogen-bond acceptors (Lipinski definition) is 8. The fourth-order valence-corrected chi connectivity index (χ4v) is 9.76. The van der Waals surface area contributed by atoms with Crippen molar-refractivity contribution in [3.63, 3.8) is 0 Å². The summed E-state index contributed by atoms with van der Waals surface area (Å²) in [5, 5.41) is 0.106. The van der Waals surface area contributed by atoms with E-state index in [1.54, 1.807) is 21.3 Å². The van der Waals surface area contributed by atoms with Crippen molar-refractivity contribution in [1.29, 1.82) is 0 Å². The highest BCUT2D eigenvalue weighted by atomic mass is 32.2. The second-order valence-corrected chi connectivity index (χ2v) is 14.6. The van der Waals surface area contributed by atoms with E-state index in [9.17, 15) is 0 Å². The van der Waals surface area contributed by atoms with E-state index in [1.165, 1.54) is 93.3 Å². The first kappa shape index (κ1) is 32.4. The van der Waals surface area contributed by atoms with Crippen LogP contribution in [0.25, 0.3) is 0 Å². The van der Waals surface area contributed by atoms with Gasteiger partial charge in [0.1, 0.15) is 0 Å². The average Bonchev–Trinajstić information content (AvgIpc) is 3.48. The molecule has 0 amide bonds. The molecule has 8 heteroatoms. The van der Waals surface area contributed by atoms with E-state index in [1.807, 2.05) is 35.3 Å². The van der Waals surface area contributed by atoms with E-state index < -0.39 is 0 Å². The van der Waals surface area contributed by atoms with E-state index in [0.717, 1.165) is 22.8 Å². The number of hydrogen-bond donors (Lipinski definition) is 0. The highest BCUT2D eigenvalue weighted by molar-refractivity contribution is 8.16. The molecule has 41 heavy (non-hydrogen) atoms. The minimum atomic E-state index is 0.106. The molecule has 2 aromatic carbocycles. The Labute approximate surface area is 260 Å². The van der Waals surface area contributed by atoms with Crippen molar-refractivity contribution in [3.8, 4) is 28.7 Å². The zero-order valence-electron chi connectivity index (χ0n) is 25.3. The molecule has 0 bridgehead atoms. The fourth-order valence-electron chi connectivity index (χ4n) is 5.48. The van der Waals surface area contributed by atoms with Crippen molar-refractivity contribution in [2.75, 3.05) is 45.4 Å². The van der Waals surface area contributed by atoms with Crippen molar-refractivity contribution < 1.29 is 23.7 Å². The van der Waals surface area contributed by atoms with Crippen LogP contribution in [0.5, 0.6) is 28.7 Å². The Bertz CT molecular complexity index is 1050. The van der Waals surface area contributed by atoms with Crippen LogP contribution >= 0.6 is 35.3 Å². The van der Waals surface area contributed by atoms with Crippen LogP contribution in [0.1, 0.15) is 104 Å². The van der Waals surface area contributed by atoms with Crippen molar-refractivity contribution in [1.82, 2.24) is 0 Å². The van der Waals surface area contributed by atoms with E-state index in [2.05, 4.69) is 31.2 Å². The van der Waals surface area contributed by atoms with Crippen LogP contribution in [0.15, 0.2) is 24.3 Å². The lowest BCUT2D eigenvalue weighted by Gasteiger charge is -2.28. The average molecular weight is 621 g/mol. The van der Waals surface area contributed by atoms with Crippen molar-refractivity contribution in [3.05, 3.63) is 41.0 Å². The van der Waals surface area contributed by atoms with Crippen LogP contribution in [0.2, 0.25) is 0 Å². The summed E-state index contributed by atoms with van der Waals surface area (Å²) in [6, 6.07) is 8.70. The third-order valence-electron chi connectivity index (χ3n) is 7.71. The highest BCUT2D eigenvalue weighted by Crippen LogP contribution is 2.53. The predicted octanol–water partition coefficient (Wildman–Crippen LogP) is 10.1. The van der Waals surface area contributed by atoms with Gasteiger partial charge in [0.2, 0.25) is 12.5 Å². The van der Waals surface area contributed by atoms with Crippen LogP contribution in [0, 0.1) is 0 Å². The van der Waals surface area contributed by atoms with E-state index in [4.69, 9.17) is 23.7 Å². The largest absolute Gasteiger partial charge is 0.493 e. The Morgan fingerprint density at radius 2 is 1.37 bits per heavy atom. The Morgan fingerprint density at radius 3 is 1.95 bits per heavy atom. The summed E-state index contributed by atoms with van der Waals surface area (Å²) in [5.41, 5.74) is 3.80. The van der Waals surface area contributed by atoms with Crippen LogP contribution in [0.3, 0.4) is 0 Å². The summed E-state index contributed by atoms with van der Waals surface area (Å²) >= 11 is 6.10. The first-order valence-corrected chi connectivity index (χ1v) is 18.4. The molecule has 0 unspecified atom stereocenters. The van der Waals surface area contributed by atoms with Crippen LogP contribution in [-0.4, -0.2) is 45.4 Å². The third kappa shape index (κ3) is 8.99. The van der Waals surface area contributed by atoms with E-state index in [0.29, 0.717) is 21.8 Å². The molecule has 0 aliphatic carbocycles. The van der Waals surface area contributed by atoms with E-state index in [-0.39, 0.29) is 12.0 Å². The Kier molecular flexibility index (Phi) is 13.9. The number of unbranched alkanes of at least 4 members (excludes halogenated alkanes) is 9. The maximum atomic E-state index is 5.89. The quantitative estimate of drug-likeness (QED) is 0.153. The van der Waals surface area contributed by atoms with Gasteiger partial charge in [0.25, 0.3) is 0 Å². The van der Waals surface area contributed by atoms with Crippen LogP contribution in [0.4, 0.5) is 0 Å². The zero-order valence-corrected chi connectivity index (χ0v) is 27.8. The van der Waals surface area contributed by atoms with Gasteiger partial charge in [-0.15, -0.1) is 35.3 Å². The zero-order chi connectivity index (χ0) is 28.9. The molecule has 2 aliphatic rings. The Hall–Kier alpha value is -1.51. The molecule has 228 valence electrons. The van der Waals surface area contributed by atoms with Crippen molar-refractivity contribution in [2.24, 2.45) is 0 Å². The minimum Gasteiger partial charge on any atom is -0.493 e. The number of ether oxygens (including phenoxy) is 5. The molecule has 2 aromatic rings. The monoisotopic (exact) mass is 620 g/mol. The summed E-state index contributed by atoms with van der Waals surface area (Å²) in [4.78, 5) is 0. The minimum absolute atomic E-state index is 0.106. The number of rotatable bonds is 18. The van der Waals surface area contributed by atoms with Crippen molar-refractivity contribution >= 4 is 35.3 Å². The molecule has 0 saturated carbocycles. The number of thioether (sulfide) groups is 3. The van der Waals surface area contributed by atoms with Gasteiger partial charge in [-0.25, -0.2) is 0 Å². The third-order valence-corrected chi connectivity index (χ3v) is 12.1. The normalized spacial score (nSPS) is 15.6. The molecule has 0 N–H and O–H groups in total. The van der Waals surface area contributed by atoms with Crippen LogP contribution in [-0.2, 0) is 0 Å². The second kappa shape index (κ2) is 17.6. The van der Waals surface area contributed by atoms with Crippen LogP contribution < -0.4 is 23.7 Å². The van der Waals surface area contributed by atoms with Gasteiger partial charge in [0.15, 0.2) is 23.0 Å². The van der Waals surface area contributed by atoms with Gasteiger partial charge < -0.3 is 23.7 Å². The highest BCUT2D eigenvalue weighted by Gasteiger charge is 2.30. The first-order chi connectivity index (χ1) is 20.2. The van der Waals surface area contributed by atoms with Crippen molar-refractivity contribution in [2.45, 2.75) is 87.4 Å². The Balaban J connectivity index is 1.54. The summed E-state index contributed by atoms with van der Waals surface area (Å²) < 4.78 is 29.3. The summed E-state index contributed by atoms with van der Waals surface area (Å²) in [6.07, 6.45) is 14.7. The maximum Gasteiger partial charge on any atom is 0.231 e. The van der Waals surface area contributed by atoms with Gasteiger partial charge in [-0.1, -0.05) is 64.7 Å². The molecule has 2 aliphatic heterocycles. The topological polar surface area (TPSA) is 46.2 Å². The summed E-state index contributed by atoms with van der Waals surface area (Å²) in [6.45, 7) is 2.56. The molecule has 4 rings (SSSR count). The molecular weight excluding hydrogens is 573 g/mol. The predicted molar refractivity (Wildman–Crippen MR) is 177 cm³/mol. The first-order valence-electron chi connectivity index (χ1n) is 15.3. The molecule has 0 radical (unpaired) electrons. The molecule has 5 nitrogen and oxygen atoms in total. The van der Waals surface area contributed by atoms with Gasteiger partial charge in [-0.3, -0.25) is 0 Å². The number of benzene rings is 2. The number of fused-ring (bicyclic) bond motifs is 1. The molecule has 1 saturated heterocycles. The van der Waals surface area contributed by atoms with E-state index >= 15 is 0 Å². The molecule has 1 fully saturated rings. The number of methoxy groups -OCH3 is 3. The smallest absolute Gasteiger partial charge is 0.231 e. The molecule has 1 atom stereocenters. The Morgan fingerprint density at radius 1 is 0.780 bits per heavy atom. The lowest BCUT2D eigenvalue weighted by Crippen LogP contribution is -2.08. The maximum absolute atomic E-state index is 5.89. The molecule has 2 heterocycles. The SMILES string of the molecule is CCCCCCCCCCCCS[C@@H](c1cc(OC)c(OC)c(OC)c1)c1cc2c(cc1C1SCCCS1)OCO2. The lowest BCUT2D eigenvalue weighted by atomic mass is 9.98. The van der Waals surface area contributed by atoms with Gasteiger partial charge in [0.05, 0.1) is 31.2 Å². The van der Waals surface area contributed by atoms with Gasteiger partial charge in [0, 0.05) is 0 Å². The lowest BCUT2D eigenvalue weighted by molar-refractivity contribution is 0.174. The van der Waals surface area contributed by atoms with Gasteiger partial charge in [-0.2, -0.15) is 0 Å². The second-order valence-electron chi connectivity index (χ2n) is 10.7. The van der Waals surface area contributed by atoms with Gasteiger partial charge >= 0.3 is 0 Å². The van der Waals surface area contributed by atoms with Gasteiger partial charge in [-0.05, 0) is 71.1 Å². The summed E-state index contributed by atoms with van der Waals surface area (Å²) in [7, 11) is 5.04. The summed E-state index contributed by atoms with van der Waals surface area (Å²) in [5.74, 6) is 7.17. The fraction of sp³-hybridized carbons (Fsp3) is 0.636. The standard InChI is InChI=1S/C33H48O5S3/c1-5-6-7-8-9-10-11-12-13-14-16-39-32(24-19-29(34-2)31(36-4)30(20-24)35-3)25-21-27-28(38-23-37-27)22-26(25)33-40-17-15-18-41-33/h19-22,32-33H,5-18,23H2,1-4H3/t32-/m0/s1.